The van der Waals surface area contributed by atoms with Crippen molar-refractivity contribution in [3.05, 3.63) is 53.2 Å². The van der Waals surface area contributed by atoms with E-state index in [2.05, 4.69) is 32.5 Å². The maximum atomic E-state index is 14.1. The third-order valence-corrected chi connectivity index (χ3v) is 4.49. The molecule has 1 N–H and O–H groups in total. The molecule has 1 heterocycles. The Balaban J connectivity index is 2.34. The number of halogens is 2. The maximum Gasteiger partial charge on any atom is 0.133 e. The summed E-state index contributed by atoms with van der Waals surface area (Å²) >= 11 is 3.25. The molecule has 0 unspecified atom stereocenters. The van der Waals surface area contributed by atoms with Gasteiger partial charge >= 0.3 is 0 Å². The Morgan fingerprint density at radius 2 is 2.26 bits per heavy atom. The second-order valence-corrected chi connectivity index (χ2v) is 6.94. The maximum absolute atomic E-state index is 14.1. The Hall–Kier alpha value is -1.75. The van der Waals surface area contributed by atoms with Crippen molar-refractivity contribution >= 4 is 21.7 Å². The molecule has 2 aromatic rings. The van der Waals surface area contributed by atoms with Crippen molar-refractivity contribution < 1.29 is 9.18 Å². The van der Waals surface area contributed by atoms with Crippen molar-refractivity contribution in [1.82, 2.24) is 9.97 Å². The van der Waals surface area contributed by atoms with Crippen LogP contribution in [0, 0.1) is 5.82 Å². The molecule has 0 aliphatic carbocycles. The van der Waals surface area contributed by atoms with E-state index in [0.29, 0.717) is 35.0 Å². The van der Waals surface area contributed by atoms with Gasteiger partial charge in [0.1, 0.15) is 17.4 Å². The number of ketones is 1. The quantitative estimate of drug-likeness (QED) is 0.674. The second-order valence-electron chi connectivity index (χ2n) is 6.03. The topological polar surface area (TPSA) is 45.8 Å². The molecule has 1 aromatic heterocycles. The van der Waals surface area contributed by atoms with Crippen LogP contribution in [0.2, 0.25) is 0 Å². The summed E-state index contributed by atoms with van der Waals surface area (Å²) in [4.78, 5) is 19.0. The first-order chi connectivity index (χ1) is 10.9. The first-order valence-corrected chi connectivity index (χ1v) is 8.26. The number of carbonyl (C=O) groups is 1. The molecule has 0 spiro atoms. The molecule has 0 amide bonds. The Labute approximate surface area is 144 Å². The highest BCUT2D eigenvalue weighted by Gasteiger charge is 2.29. The highest BCUT2D eigenvalue weighted by Crippen LogP contribution is 2.33. The minimum atomic E-state index is -0.322. The molecule has 0 fully saturated rings. The highest BCUT2D eigenvalue weighted by atomic mass is 79.9. The van der Waals surface area contributed by atoms with E-state index in [-0.39, 0.29) is 17.0 Å². The van der Waals surface area contributed by atoms with E-state index in [1.54, 1.807) is 25.3 Å². The van der Waals surface area contributed by atoms with Crippen LogP contribution in [0.15, 0.2) is 41.5 Å². The van der Waals surface area contributed by atoms with E-state index < -0.39 is 0 Å². The largest absolute Gasteiger partial charge is 0.341 e. The average Bonchev–Trinajstić information content (AvgIpc) is 2.96. The number of hydrogen-bond acceptors (Lipinski definition) is 2. The van der Waals surface area contributed by atoms with Gasteiger partial charge in [-0.3, -0.25) is 0 Å². The Bertz CT molecular complexity index is 726. The van der Waals surface area contributed by atoms with Crippen molar-refractivity contribution in [2.24, 2.45) is 0 Å². The SMILES string of the molecule is C=CC[C@](C)(CCC(C)=O)c1ncc(-c2ccc(Br)cc2F)[nH]1. The number of hydrogen-bond donors (Lipinski definition) is 1. The van der Waals surface area contributed by atoms with Crippen LogP contribution in [0.3, 0.4) is 0 Å². The lowest BCUT2D eigenvalue weighted by atomic mass is 9.81. The van der Waals surface area contributed by atoms with E-state index >= 15 is 0 Å². The van der Waals surface area contributed by atoms with E-state index in [1.807, 2.05) is 13.0 Å². The Morgan fingerprint density at radius 3 is 2.87 bits per heavy atom. The van der Waals surface area contributed by atoms with Crippen molar-refractivity contribution in [3.8, 4) is 11.3 Å². The van der Waals surface area contributed by atoms with Crippen LogP contribution in [0.1, 0.15) is 38.9 Å². The van der Waals surface area contributed by atoms with E-state index in [4.69, 9.17) is 0 Å². The molecular weight excluding hydrogens is 359 g/mol. The fourth-order valence-electron chi connectivity index (χ4n) is 2.56. The highest BCUT2D eigenvalue weighted by molar-refractivity contribution is 9.10. The summed E-state index contributed by atoms with van der Waals surface area (Å²) in [6.07, 6.45) is 5.30. The Morgan fingerprint density at radius 1 is 1.52 bits per heavy atom. The van der Waals surface area contributed by atoms with Crippen molar-refractivity contribution in [1.29, 1.82) is 0 Å². The third kappa shape index (κ3) is 4.16. The standard InChI is InChI=1S/C18H20BrFN2O/c1-4-8-18(3,9-7-12(2)23)17-21-11-16(22-17)14-6-5-13(19)10-15(14)20/h4-6,10-11H,1,7-9H2,2-3H3,(H,21,22)/t18-/m1/s1. The number of carbonyl (C=O) groups excluding carboxylic acids is 1. The lowest BCUT2D eigenvalue weighted by Crippen LogP contribution is -2.24. The van der Waals surface area contributed by atoms with Crippen LogP contribution < -0.4 is 0 Å². The molecule has 1 aromatic carbocycles. The number of benzene rings is 1. The third-order valence-electron chi connectivity index (χ3n) is 3.99. The summed E-state index contributed by atoms with van der Waals surface area (Å²) in [6, 6.07) is 4.92. The van der Waals surface area contributed by atoms with Crippen LogP contribution in [0.5, 0.6) is 0 Å². The molecule has 122 valence electrons. The van der Waals surface area contributed by atoms with Gasteiger partial charge in [-0.15, -0.1) is 6.58 Å². The van der Waals surface area contributed by atoms with Gasteiger partial charge in [-0.05, 0) is 38.0 Å². The molecule has 2 rings (SSSR count). The lowest BCUT2D eigenvalue weighted by Gasteiger charge is -2.25. The van der Waals surface area contributed by atoms with Gasteiger partial charge in [0, 0.05) is 21.9 Å². The van der Waals surface area contributed by atoms with Gasteiger partial charge in [-0.2, -0.15) is 0 Å². The van der Waals surface area contributed by atoms with E-state index in [9.17, 15) is 9.18 Å². The first-order valence-electron chi connectivity index (χ1n) is 7.47. The number of aromatic amines is 1. The number of nitrogens with one attached hydrogen (secondary N) is 1. The molecule has 0 aliphatic rings. The van der Waals surface area contributed by atoms with Crippen LogP contribution in [-0.2, 0) is 10.2 Å². The number of imidazole rings is 1. The van der Waals surface area contributed by atoms with Gasteiger partial charge in [0.2, 0.25) is 0 Å². The summed E-state index contributed by atoms with van der Waals surface area (Å²) in [7, 11) is 0. The second kappa shape index (κ2) is 7.21. The fraction of sp³-hybridized carbons (Fsp3) is 0.333. The van der Waals surface area contributed by atoms with Crippen molar-refractivity contribution in [2.45, 2.75) is 38.5 Å². The summed E-state index contributed by atoms with van der Waals surface area (Å²) in [5.41, 5.74) is 0.778. The predicted octanol–water partition coefficient (Wildman–Crippen LogP) is 5.18. The smallest absolute Gasteiger partial charge is 0.133 e. The summed E-state index contributed by atoms with van der Waals surface area (Å²) in [6.45, 7) is 7.42. The zero-order valence-electron chi connectivity index (χ0n) is 13.3. The molecular formula is C18H20BrFN2O. The number of nitrogens with zero attached hydrogens (tertiary/aromatic N) is 1. The van der Waals surface area contributed by atoms with Crippen molar-refractivity contribution in [3.63, 3.8) is 0 Å². The van der Waals surface area contributed by atoms with Crippen molar-refractivity contribution in [2.75, 3.05) is 0 Å². The van der Waals surface area contributed by atoms with Gasteiger partial charge < -0.3 is 9.78 Å². The molecule has 0 saturated heterocycles. The molecule has 3 nitrogen and oxygen atoms in total. The van der Waals surface area contributed by atoms with Gasteiger partial charge in [-0.25, -0.2) is 9.37 Å². The molecule has 0 saturated carbocycles. The van der Waals surface area contributed by atoms with E-state index in [1.165, 1.54) is 6.07 Å². The Kier molecular flexibility index (Phi) is 5.52. The molecule has 0 radical (unpaired) electrons. The lowest BCUT2D eigenvalue weighted by molar-refractivity contribution is -0.117. The number of H-pyrrole nitrogens is 1. The summed E-state index contributed by atoms with van der Waals surface area (Å²) in [5.74, 6) is 0.575. The zero-order chi connectivity index (χ0) is 17.0. The predicted molar refractivity (Wildman–Crippen MR) is 93.8 cm³/mol. The minimum absolute atomic E-state index is 0.144. The molecule has 23 heavy (non-hydrogen) atoms. The first kappa shape index (κ1) is 17.6. The fourth-order valence-corrected chi connectivity index (χ4v) is 2.89. The van der Waals surface area contributed by atoms with Gasteiger partial charge in [-0.1, -0.05) is 28.9 Å². The molecule has 0 aliphatic heterocycles. The molecule has 0 bridgehead atoms. The number of rotatable bonds is 7. The minimum Gasteiger partial charge on any atom is -0.341 e. The zero-order valence-corrected chi connectivity index (χ0v) is 14.9. The number of allylic oxidation sites excluding steroid dienone is 1. The van der Waals surface area contributed by atoms with Gasteiger partial charge in [0.25, 0.3) is 0 Å². The number of Topliss-reactive ketones (excluding diaryl/α,β-unsaturated/α-hetero) is 1. The van der Waals surface area contributed by atoms with Gasteiger partial charge in [0.05, 0.1) is 11.9 Å². The monoisotopic (exact) mass is 378 g/mol. The summed E-state index contributed by atoms with van der Waals surface area (Å²) < 4.78 is 14.8. The molecule has 1 atom stereocenters. The van der Waals surface area contributed by atoms with Gasteiger partial charge in [0.15, 0.2) is 0 Å². The van der Waals surface area contributed by atoms with Crippen LogP contribution in [0.25, 0.3) is 11.3 Å². The van der Waals surface area contributed by atoms with Crippen LogP contribution in [-0.4, -0.2) is 15.8 Å². The normalized spacial score (nSPS) is 13.6. The molecule has 5 heteroatoms. The number of aromatic nitrogens is 2. The van der Waals surface area contributed by atoms with Crippen LogP contribution in [0.4, 0.5) is 4.39 Å². The average molecular weight is 379 g/mol. The van der Waals surface area contributed by atoms with Crippen LogP contribution >= 0.6 is 15.9 Å². The van der Waals surface area contributed by atoms with E-state index in [0.717, 1.165) is 5.82 Å². The summed E-state index contributed by atoms with van der Waals surface area (Å²) in [5, 5.41) is 0.